The highest BCUT2D eigenvalue weighted by molar-refractivity contribution is 5.46. The van der Waals surface area contributed by atoms with Crippen molar-refractivity contribution < 1.29 is 0 Å². The second-order valence-corrected chi connectivity index (χ2v) is 4.89. The lowest BCUT2D eigenvalue weighted by Crippen LogP contribution is -2.18. The molecule has 0 aliphatic rings. The molecule has 0 radical (unpaired) electrons. The fraction of sp³-hybridized carbons (Fsp3) is 0.375. The fourth-order valence-corrected chi connectivity index (χ4v) is 2.05. The summed E-state index contributed by atoms with van der Waals surface area (Å²) in [5.41, 5.74) is 3.52. The van der Waals surface area contributed by atoms with Crippen molar-refractivity contribution >= 4 is 5.69 Å². The standard InChI is InChI=1S/C16H22N4/c1-3-7-18-12-15-11-16(6-10-19-15)20(2)13-14-4-8-17-9-5-14/h4-6,8-11,18H,3,7,12-13H2,1-2H3. The van der Waals surface area contributed by atoms with Crippen LogP contribution >= 0.6 is 0 Å². The number of hydrogen-bond acceptors (Lipinski definition) is 4. The van der Waals surface area contributed by atoms with Crippen LogP contribution in [0.5, 0.6) is 0 Å². The Morgan fingerprint density at radius 2 is 1.95 bits per heavy atom. The minimum Gasteiger partial charge on any atom is -0.370 e. The van der Waals surface area contributed by atoms with Crippen LogP contribution in [0.25, 0.3) is 0 Å². The number of rotatable bonds is 7. The van der Waals surface area contributed by atoms with E-state index < -0.39 is 0 Å². The molecule has 2 heterocycles. The van der Waals surface area contributed by atoms with E-state index >= 15 is 0 Å². The van der Waals surface area contributed by atoms with Crippen molar-refractivity contribution in [1.29, 1.82) is 0 Å². The average Bonchev–Trinajstić information content (AvgIpc) is 2.49. The van der Waals surface area contributed by atoms with E-state index in [-0.39, 0.29) is 0 Å². The highest BCUT2D eigenvalue weighted by Crippen LogP contribution is 2.15. The van der Waals surface area contributed by atoms with Crippen LogP contribution in [0, 0.1) is 0 Å². The zero-order valence-electron chi connectivity index (χ0n) is 12.2. The second kappa shape index (κ2) is 7.60. The molecule has 20 heavy (non-hydrogen) atoms. The number of nitrogens with one attached hydrogen (secondary N) is 1. The van der Waals surface area contributed by atoms with Gasteiger partial charge in [-0.25, -0.2) is 0 Å². The van der Waals surface area contributed by atoms with Crippen LogP contribution in [0.4, 0.5) is 5.69 Å². The smallest absolute Gasteiger partial charge is 0.0562 e. The number of anilines is 1. The molecule has 2 aromatic heterocycles. The van der Waals surface area contributed by atoms with Gasteiger partial charge in [0, 0.05) is 44.4 Å². The molecule has 4 nitrogen and oxygen atoms in total. The summed E-state index contributed by atoms with van der Waals surface area (Å²) in [6, 6.07) is 8.27. The molecule has 0 amide bonds. The lowest BCUT2D eigenvalue weighted by atomic mass is 10.2. The molecule has 2 aromatic rings. The maximum absolute atomic E-state index is 4.40. The first-order valence-electron chi connectivity index (χ1n) is 7.05. The van der Waals surface area contributed by atoms with Crippen molar-refractivity contribution in [1.82, 2.24) is 15.3 Å². The Morgan fingerprint density at radius 1 is 1.15 bits per heavy atom. The Kier molecular flexibility index (Phi) is 5.50. The van der Waals surface area contributed by atoms with Crippen LogP contribution in [0.15, 0.2) is 42.9 Å². The number of nitrogens with zero attached hydrogens (tertiary/aromatic N) is 3. The molecule has 106 valence electrons. The molecule has 0 fully saturated rings. The van der Waals surface area contributed by atoms with Crippen LogP contribution < -0.4 is 10.2 Å². The van der Waals surface area contributed by atoms with E-state index in [0.29, 0.717) is 0 Å². The minimum atomic E-state index is 0.824. The molecular weight excluding hydrogens is 248 g/mol. The van der Waals surface area contributed by atoms with Gasteiger partial charge in [-0.3, -0.25) is 9.97 Å². The largest absolute Gasteiger partial charge is 0.370 e. The Morgan fingerprint density at radius 3 is 2.70 bits per heavy atom. The van der Waals surface area contributed by atoms with Crippen molar-refractivity contribution in [2.45, 2.75) is 26.4 Å². The lowest BCUT2D eigenvalue weighted by Gasteiger charge is -2.20. The molecule has 0 atom stereocenters. The van der Waals surface area contributed by atoms with Gasteiger partial charge in [0.15, 0.2) is 0 Å². The summed E-state index contributed by atoms with van der Waals surface area (Å²) in [6.07, 6.45) is 6.68. The molecule has 0 bridgehead atoms. The average molecular weight is 270 g/mol. The number of aromatic nitrogens is 2. The summed E-state index contributed by atoms with van der Waals surface area (Å²) in [5.74, 6) is 0. The van der Waals surface area contributed by atoms with Crippen molar-refractivity contribution in [2.75, 3.05) is 18.5 Å². The van der Waals surface area contributed by atoms with E-state index in [1.54, 1.807) is 0 Å². The van der Waals surface area contributed by atoms with Gasteiger partial charge in [0.1, 0.15) is 0 Å². The monoisotopic (exact) mass is 270 g/mol. The fourth-order valence-electron chi connectivity index (χ4n) is 2.05. The summed E-state index contributed by atoms with van der Waals surface area (Å²) < 4.78 is 0. The first kappa shape index (κ1) is 14.5. The molecule has 0 aliphatic heterocycles. The second-order valence-electron chi connectivity index (χ2n) is 4.89. The third-order valence-electron chi connectivity index (χ3n) is 3.14. The number of hydrogen-bond donors (Lipinski definition) is 1. The summed E-state index contributed by atoms with van der Waals surface area (Å²) in [7, 11) is 2.10. The predicted molar refractivity (Wildman–Crippen MR) is 82.6 cm³/mol. The highest BCUT2D eigenvalue weighted by Gasteiger charge is 2.04. The third kappa shape index (κ3) is 4.31. The van der Waals surface area contributed by atoms with Gasteiger partial charge in [0.05, 0.1) is 5.69 Å². The Hall–Kier alpha value is -1.94. The van der Waals surface area contributed by atoms with Crippen LogP contribution in [0.3, 0.4) is 0 Å². The molecule has 1 N–H and O–H groups in total. The minimum absolute atomic E-state index is 0.824. The summed E-state index contributed by atoms with van der Waals surface area (Å²) >= 11 is 0. The van der Waals surface area contributed by atoms with Gasteiger partial charge in [-0.1, -0.05) is 6.92 Å². The van der Waals surface area contributed by atoms with E-state index in [4.69, 9.17) is 0 Å². The van der Waals surface area contributed by atoms with Crippen molar-refractivity contribution in [2.24, 2.45) is 0 Å². The SMILES string of the molecule is CCCNCc1cc(N(C)Cc2ccncc2)ccn1. The van der Waals surface area contributed by atoms with Crippen molar-refractivity contribution in [3.63, 3.8) is 0 Å². The zero-order chi connectivity index (χ0) is 14.2. The predicted octanol–water partition coefficient (Wildman–Crippen LogP) is 2.61. The van der Waals surface area contributed by atoms with Gasteiger partial charge >= 0.3 is 0 Å². The van der Waals surface area contributed by atoms with Crippen LogP contribution in [0.1, 0.15) is 24.6 Å². The Bertz CT molecular complexity index is 513. The topological polar surface area (TPSA) is 41.0 Å². The highest BCUT2D eigenvalue weighted by atomic mass is 15.1. The molecule has 0 aliphatic carbocycles. The number of pyridine rings is 2. The van der Waals surface area contributed by atoms with Gasteiger partial charge < -0.3 is 10.2 Å². The molecule has 4 heteroatoms. The first-order chi connectivity index (χ1) is 9.79. The van der Waals surface area contributed by atoms with Crippen LogP contribution in [-0.2, 0) is 13.1 Å². The van der Waals surface area contributed by atoms with Gasteiger partial charge in [-0.2, -0.15) is 0 Å². The zero-order valence-corrected chi connectivity index (χ0v) is 12.2. The summed E-state index contributed by atoms with van der Waals surface area (Å²) in [6.45, 7) is 4.89. The Labute approximate surface area is 120 Å². The lowest BCUT2D eigenvalue weighted by molar-refractivity contribution is 0.664. The molecule has 0 saturated heterocycles. The molecule has 2 rings (SSSR count). The van der Waals surface area contributed by atoms with Crippen LogP contribution in [0.2, 0.25) is 0 Å². The third-order valence-corrected chi connectivity index (χ3v) is 3.14. The van der Waals surface area contributed by atoms with E-state index in [9.17, 15) is 0 Å². The Balaban J connectivity index is 1.99. The van der Waals surface area contributed by atoms with Crippen LogP contribution in [-0.4, -0.2) is 23.6 Å². The van der Waals surface area contributed by atoms with E-state index in [1.165, 1.54) is 11.3 Å². The van der Waals surface area contributed by atoms with Gasteiger partial charge in [0.2, 0.25) is 0 Å². The maximum atomic E-state index is 4.40. The summed E-state index contributed by atoms with van der Waals surface area (Å²) in [5, 5.41) is 3.38. The van der Waals surface area contributed by atoms with E-state index in [0.717, 1.165) is 31.7 Å². The van der Waals surface area contributed by atoms with Crippen molar-refractivity contribution in [3.05, 3.63) is 54.1 Å². The molecule has 0 spiro atoms. The molecular formula is C16H22N4. The molecule has 0 saturated carbocycles. The van der Waals surface area contributed by atoms with Gasteiger partial charge in [0.25, 0.3) is 0 Å². The maximum Gasteiger partial charge on any atom is 0.0562 e. The molecule has 0 unspecified atom stereocenters. The van der Waals surface area contributed by atoms with E-state index in [2.05, 4.69) is 40.2 Å². The normalized spacial score (nSPS) is 10.5. The van der Waals surface area contributed by atoms with Gasteiger partial charge in [-0.15, -0.1) is 0 Å². The molecule has 0 aromatic carbocycles. The van der Waals surface area contributed by atoms with Crippen molar-refractivity contribution in [3.8, 4) is 0 Å². The first-order valence-corrected chi connectivity index (χ1v) is 7.05. The van der Waals surface area contributed by atoms with Gasteiger partial charge in [-0.05, 0) is 42.8 Å². The summed E-state index contributed by atoms with van der Waals surface area (Å²) in [4.78, 5) is 10.7. The van der Waals surface area contributed by atoms with E-state index in [1.807, 2.05) is 36.8 Å². The quantitative estimate of drug-likeness (QED) is 0.785.